The van der Waals surface area contributed by atoms with E-state index in [4.69, 9.17) is 4.98 Å². The van der Waals surface area contributed by atoms with Gasteiger partial charge in [0.2, 0.25) is 0 Å². The van der Waals surface area contributed by atoms with E-state index in [0.717, 1.165) is 24.0 Å². The third-order valence-electron chi connectivity index (χ3n) is 6.67. The molecule has 0 unspecified atom stereocenters. The van der Waals surface area contributed by atoms with E-state index in [2.05, 4.69) is 30.4 Å². The molecule has 2 aromatic heterocycles. The zero-order chi connectivity index (χ0) is 25.3. The van der Waals surface area contributed by atoms with Crippen LogP contribution >= 0.6 is 0 Å². The molecule has 9 nitrogen and oxygen atoms in total. The summed E-state index contributed by atoms with van der Waals surface area (Å²) in [6.07, 6.45) is 3.53. The number of nitriles is 1. The van der Waals surface area contributed by atoms with Gasteiger partial charge in [0.1, 0.15) is 11.7 Å². The van der Waals surface area contributed by atoms with E-state index in [1.807, 2.05) is 24.8 Å². The maximum absolute atomic E-state index is 13.4. The average Bonchev–Trinajstić information content (AvgIpc) is 2.84. The van der Waals surface area contributed by atoms with E-state index in [0.29, 0.717) is 36.3 Å². The van der Waals surface area contributed by atoms with Gasteiger partial charge >= 0.3 is 5.97 Å². The fourth-order valence-corrected chi connectivity index (χ4v) is 4.74. The Morgan fingerprint density at radius 2 is 1.97 bits per heavy atom. The van der Waals surface area contributed by atoms with E-state index in [-0.39, 0.29) is 17.2 Å². The zero-order valence-electron chi connectivity index (χ0n) is 20.4. The summed E-state index contributed by atoms with van der Waals surface area (Å²) in [5.74, 6) is -0.608. The molecule has 3 heterocycles. The summed E-state index contributed by atoms with van der Waals surface area (Å²) in [6, 6.07) is 10.8. The molecule has 3 aromatic rings. The zero-order valence-corrected chi connectivity index (χ0v) is 20.4. The molecule has 1 aliphatic heterocycles. The van der Waals surface area contributed by atoms with Gasteiger partial charge in [0.05, 0.1) is 11.6 Å². The van der Waals surface area contributed by atoms with Crippen LogP contribution in [0.5, 0.6) is 0 Å². The molecule has 35 heavy (non-hydrogen) atoms. The molecular formula is C26H30N6O3. The molecule has 1 aliphatic rings. The van der Waals surface area contributed by atoms with Crippen LogP contribution in [0.15, 0.2) is 41.3 Å². The molecule has 1 atom stereocenters. The van der Waals surface area contributed by atoms with E-state index >= 15 is 0 Å². The molecule has 1 fully saturated rings. The van der Waals surface area contributed by atoms with Crippen LogP contribution in [-0.4, -0.2) is 58.6 Å². The van der Waals surface area contributed by atoms with E-state index in [1.165, 1.54) is 4.40 Å². The first-order valence-corrected chi connectivity index (χ1v) is 11.7. The number of benzene rings is 1. The van der Waals surface area contributed by atoms with Crippen molar-refractivity contribution in [1.82, 2.24) is 14.3 Å². The van der Waals surface area contributed by atoms with Gasteiger partial charge in [-0.15, -0.1) is 0 Å². The minimum absolute atomic E-state index is 0.0409. The predicted molar refractivity (Wildman–Crippen MR) is 135 cm³/mol. The van der Waals surface area contributed by atoms with Crippen molar-refractivity contribution in [2.45, 2.75) is 38.8 Å². The third kappa shape index (κ3) is 4.70. The smallest absolute Gasteiger partial charge is 0.337 e. The lowest BCUT2D eigenvalue weighted by Gasteiger charge is -2.36. The van der Waals surface area contributed by atoms with Gasteiger partial charge in [0, 0.05) is 36.6 Å². The first-order chi connectivity index (χ1) is 16.7. The molecule has 0 aliphatic carbocycles. The first-order valence-electron chi connectivity index (χ1n) is 11.7. The van der Waals surface area contributed by atoms with Gasteiger partial charge in [0.25, 0.3) is 5.56 Å². The number of rotatable bonds is 6. The van der Waals surface area contributed by atoms with Crippen molar-refractivity contribution in [3.8, 4) is 6.07 Å². The number of anilines is 2. The molecule has 0 spiro atoms. The molecule has 0 amide bonds. The SMILES string of the molecule is Cc1cc([C@@H](C)Nc2ccccc2C(=O)O)c2nc(N3CCC(N(C)C)CC3)c(C#N)c(=O)n2c1. The van der Waals surface area contributed by atoms with Crippen molar-refractivity contribution in [3.63, 3.8) is 0 Å². The molecule has 9 heteroatoms. The van der Waals surface area contributed by atoms with Gasteiger partial charge < -0.3 is 20.2 Å². The van der Waals surface area contributed by atoms with Crippen LogP contribution in [0, 0.1) is 18.3 Å². The summed E-state index contributed by atoms with van der Waals surface area (Å²) in [7, 11) is 4.13. The topological polar surface area (TPSA) is 114 Å². The number of para-hydroxylation sites is 1. The van der Waals surface area contributed by atoms with E-state index in [1.54, 1.807) is 30.5 Å². The summed E-state index contributed by atoms with van der Waals surface area (Å²) in [4.78, 5) is 34.2. The van der Waals surface area contributed by atoms with Gasteiger partial charge in [0.15, 0.2) is 11.4 Å². The van der Waals surface area contributed by atoms with Crippen molar-refractivity contribution in [2.75, 3.05) is 37.4 Å². The number of carboxylic acid groups (broad SMARTS) is 1. The number of aromatic nitrogens is 2. The van der Waals surface area contributed by atoms with Crippen LogP contribution in [-0.2, 0) is 0 Å². The fourth-order valence-electron chi connectivity index (χ4n) is 4.74. The molecule has 2 N–H and O–H groups in total. The van der Waals surface area contributed by atoms with Crippen LogP contribution in [0.3, 0.4) is 0 Å². The van der Waals surface area contributed by atoms with Gasteiger partial charge in [-0.3, -0.25) is 9.20 Å². The highest BCUT2D eigenvalue weighted by atomic mass is 16.4. The third-order valence-corrected chi connectivity index (χ3v) is 6.67. The Balaban J connectivity index is 1.80. The van der Waals surface area contributed by atoms with Crippen molar-refractivity contribution >= 4 is 23.1 Å². The molecule has 1 aromatic carbocycles. The lowest BCUT2D eigenvalue weighted by atomic mass is 10.0. The summed E-state index contributed by atoms with van der Waals surface area (Å²) in [6.45, 7) is 5.20. The van der Waals surface area contributed by atoms with Crippen molar-refractivity contribution < 1.29 is 9.90 Å². The minimum atomic E-state index is -1.02. The van der Waals surface area contributed by atoms with Crippen LogP contribution in [0.4, 0.5) is 11.5 Å². The molecule has 0 radical (unpaired) electrons. The Morgan fingerprint density at radius 1 is 1.29 bits per heavy atom. The van der Waals surface area contributed by atoms with Crippen LogP contribution < -0.4 is 15.8 Å². The molecule has 0 saturated carbocycles. The van der Waals surface area contributed by atoms with Crippen molar-refractivity contribution in [2.24, 2.45) is 0 Å². The summed E-state index contributed by atoms with van der Waals surface area (Å²) in [5, 5.41) is 22.7. The molecule has 0 bridgehead atoms. The second-order valence-corrected chi connectivity index (χ2v) is 9.29. The van der Waals surface area contributed by atoms with E-state index < -0.39 is 11.5 Å². The van der Waals surface area contributed by atoms with Gasteiger partial charge in [-0.1, -0.05) is 12.1 Å². The standard InChI is InChI=1S/C26H30N6O3/c1-16-13-20(17(2)28-22-8-6-5-7-19(22)26(34)35)24-29-23(21(14-27)25(33)32(24)15-16)31-11-9-18(10-12-31)30(3)4/h5-8,13,15,17-18,28H,9-12H2,1-4H3,(H,34,35)/t17-/m1/s1. The Hall–Kier alpha value is -3.90. The first kappa shape index (κ1) is 24.2. The Morgan fingerprint density at radius 3 is 2.60 bits per heavy atom. The maximum Gasteiger partial charge on any atom is 0.337 e. The second kappa shape index (κ2) is 9.76. The van der Waals surface area contributed by atoms with Gasteiger partial charge in [-0.25, -0.2) is 9.78 Å². The molecule has 4 rings (SSSR count). The number of carbonyl (C=O) groups is 1. The Bertz CT molecular complexity index is 1370. The van der Waals surface area contributed by atoms with Crippen molar-refractivity contribution in [3.05, 3.63) is 69.1 Å². The normalized spacial score (nSPS) is 15.3. The minimum Gasteiger partial charge on any atom is -0.478 e. The number of hydrogen-bond donors (Lipinski definition) is 2. The molecule has 182 valence electrons. The highest BCUT2D eigenvalue weighted by Gasteiger charge is 2.26. The van der Waals surface area contributed by atoms with Crippen molar-refractivity contribution in [1.29, 1.82) is 5.26 Å². The number of aryl methyl sites for hydroxylation is 1. The second-order valence-electron chi connectivity index (χ2n) is 9.29. The number of fused-ring (bicyclic) bond motifs is 1. The van der Waals surface area contributed by atoms with E-state index in [9.17, 15) is 20.0 Å². The van der Waals surface area contributed by atoms with Crippen LogP contribution in [0.2, 0.25) is 0 Å². The number of nitrogens with one attached hydrogen (secondary N) is 1. The summed E-state index contributed by atoms with van der Waals surface area (Å²) < 4.78 is 1.43. The van der Waals surface area contributed by atoms with Gasteiger partial charge in [-0.05, 0) is 64.5 Å². The quantitative estimate of drug-likeness (QED) is 0.560. The Labute approximate surface area is 204 Å². The largest absolute Gasteiger partial charge is 0.478 e. The highest BCUT2D eigenvalue weighted by molar-refractivity contribution is 5.94. The van der Waals surface area contributed by atoms with Gasteiger partial charge in [-0.2, -0.15) is 5.26 Å². The lowest BCUT2D eigenvalue weighted by Crippen LogP contribution is -2.43. The maximum atomic E-state index is 13.4. The predicted octanol–water partition coefficient (Wildman–Crippen LogP) is 3.28. The number of nitrogens with zero attached hydrogens (tertiary/aromatic N) is 5. The van der Waals surface area contributed by atoms with Crippen LogP contribution in [0.1, 0.15) is 52.9 Å². The van der Waals surface area contributed by atoms with Crippen LogP contribution in [0.25, 0.3) is 5.65 Å². The highest BCUT2D eigenvalue weighted by Crippen LogP contribution is 2.28. The summed E-state index contributed by atoms with van der Waals surface area (Å²) in [5.41, 5.74) is 2.32. The number of hydrogen-bond acceptors (Lipinski definition) is 7. The number of carboxylic acids is 1. The number of pyridine rings is 1. The number of piperidine rings is 1. The average molecular weight is 475 g/mol. The monoisotopic (exact) mass is 474 g/mol. The molecule has 1 saturated heterocycles. The molecular weight excluding hydrogens is 444 g/mol. The Kier molecular flexibility index (Phi) is 6.76. The fraction of sp³-hybridized carbons (Fsp3) is 0.385. The lowest BCUT2D eigenvalue weighted by molar-refractivity contribution is 0.0698. The number of aromatic carboxylic acids is 1. The summed E-state index contributed by atoms with van der Waals surface area (Å²) >= 11 is 0.